The molecule has 7 rings (SSSR count). The van der Waals surface area contributed by atoms with E-state index in [0.717, 1.165) is 83.5 Å². The fraction of sp³-hybridized carbons (Fsp3) is 0.864. The lowest BCUT2D eigenvalue weighted by molar-refractivity contribution is -0.150. The van der Waals surface area contributed by atoms with Crippen molar-refractivity contribution in [3.63, 3.8) is 0 Å². The van der Waals surface area contributed by atoms with Gasteiger partial charge in [-0.15, -0.1) is 0 Å². The first kappa shape index (κ1) is 39.6. The van der Waals surface area contributed by atoms with Gasteiger partial charge in [0.2, 0.25) is 17.6 Å². The van der Waals surface area contributed by atoms with Crippen LogP contribution in [-0.4, -0.2) is 82.8 Å². The average molecular weight is 750 g/mol. The van der Waals surface area contributed by atoms with E-state index in [1.54, 1.807) is 4.90 Å². The van der Waals surface area contributed by atoms with Crippen LogP contribution in [0.4, 0.5) is 0 Å². The van der Waals surface area contributed by atoms with Crippen LogP contribution >= 0.6 is 0 Å². The fourth-order valence-electron chi connectivity index (χ4n) is 12.3. The summed E-state index contributed by atoms with van der Waals surface area (Å²) in [5, 5.41) is 0. The average Bonchev–Trinajstić information content (AvgIpc) is 3.84. The van der Waals surface area contributed by atoms with Crippen molar-refractivity contribution in [3.05, 3.63) is 0 Å². The number of fused-ring (bicyclic) bond motifs is 1. The van der Waals surface area contributed by atoms with E-state index in [0.29, 0.717) is 45.0 Å². The minimum absolute atomic E-state index is 0.0231. The SMILES string of the molecule is CC(C)(C)[C@H](CC(=O)C[C@H](C(=O)N1CCOC2(CC2)C1)C1CCCCC1)C(=O)N1C[C@]2(C[C@H]1C(=O)CC(CC1CCC1)C(=O)C(N)=O)C(C)(C)C21CCC1. The maximum absolute atomic E-state index is 15.1. The number of amides is 3. The largest absolute Gasteiger partial charge is 0.371 e. The Kier molecular flexibility index (Phi) is 10.6. The van der Waals surface area contributed by atoms with E-state index in [2.05, 4.69) is 13.8 Å². The molecule has 10 heteroatoms. The van der Waals surface area contributed by atoms with Gasteiger partial charge < -0.3 is 20.3 Å². The molecule has 5 aliphatic carbocycles. The highest BCUT2D eigenvalue weighted by Gasteiger charge is 2.85. The van der Waals surface area contributed by atoms with Gasteiger partial charge in [0.15, 0.2) is 5.78 Å². The molecule has 10 nitrogen and oxygen atoms in total. The number of morpholine rings is 1. The van der Waals surface area contributed by atoms with Crippen molar-refractivity contribution in [3.8, 4) is 0 Å². The molecule has 5 atom stereocenters. The van der Waals surface area contributed by atoms with Crippen molar-refractivity contribution in [2.45, 2.75) is 162 Å². The highest BCUT2D eigenvalue weighted by molar-refractivity contribution is 6.36. The zero-order valence-electron chi connectivity index (χ0n) is 33.8. The molecular weight excluding hydrogens is 682 g/mol. The summed E-state index contributed by atoms with van der Waals surface area (Å²) in [6.07, 6.45) is 14.5. The molecule has 0 radical (unpaired) electrons. The zero-order chi connectivity index (χ0) is 38.8. The number of nitrogens with zero attached hydrogens (tertiary/aromatic N) is 2. The van der Waals surface area contributed by atoms with Crippen LogP contribution in [0.15, 0.2) is 0 Å². The lowest BCUT2D eigenvalue weighted by atomic mass is 9.73. The number of Topliss-reactive ketones (excluding diaryl/α,β-unsaturated/α-hetero) is 3. The van der Waals surface area contributed by atoms with Crippen molar-refractivity contribution in [2.24, 2.45) is 57.0 Å². The van der Waals surface area contributed by atoms with Gasteiger partial charge in [0.05, 0.1) is 18.2 Å². The second-order valence-electron chi connectivity index (χ2n) is 20.6. The van der Waals surface area contributed by atoms with Gasteiger partial charge in [0.1, 0.15) is 5.78 Å². The third kappa shape index (κ3) is 6.90. The van der Waals surface area contributed by atoms with E-state index in [4.69, 9.17) is 10.5 Å². The van der Waals surface area contributed by atoms with Crippen LogP contribution in [0.5, 0.6) is 0 Å². The first-order valence-corrected chi connectivity index (χ1v) is 21.6. The molecule has 2 saturated heterocycles. The van der Waals surface area contributed by atoms with E-state index in [9.17, 15) is 24.0 Å². The molecule has 2 N–H and O–H groups in total. The molecule has 0 bridgehead atoms. The maximum Gasteiger partial charge on any atom is 0.285 e. The quantitative estimate of drug-likeness (QED) is 0.208. The smallest absolute Gasteiger partial charge is 0.285 e. The molecule has 3 amide bonds. The highest BCUT2D eigenvalue weighted by Crippen LogP contribution is 2.88. The molecule has 7 aliphatic rings. The van der Waals surface area contributed by atoms with Gasteiger partial charge >= 0.3 is 0 Å². The molecule has 7 fully saturated rings. The van der Waals surface area contributed by atoms with Crippen LogP contribution in [-0.2, 0) is 33.5 Å². The molecule has 5 saturated carbocycles. The van der Waals surface area contributed by atoms with Crippen LogP contribution < -0.4 is 5.73 Å². The molecular formula is C44H67N3O7. The summed E-state index contributed by atoms with van der Waals surface area (Å²) in [5.41, 5.74) is 4.56. The first-order valence-electron chi connectivity index (χ1n) is 21.6. The standard InChI is InChI=1S/C44H67N3O7/c1-40(2,3)33(24-31(48)23-32(29-13-7-6-8-14-29)38(52)46-19-20-54-42(26-46)17-18-42)39(53)47-27-44(41(4,5)43(44)15-10-16-43)25-34(47)35(49)22-30(36(50)37(45)51)21-28-11-9-12-28/h28-30,32-34H,6-27H2,1-5H3,(H2,45,51)/t30?,32-,33+,34-,44+/m0/s1. The Labute approximate surface area is 322 Å². The molecule has 2 heterocycles. The molecule has 3 spiro atoms. The van der Waals surface area contributed by atoms with Gasteiger partial charge in [0.25, 0.3) is 5.91 Å². The fourth-order valence-corrected chi connectivity index (χ4v) is 12.3. The molecule has 0 aromatic rings. The second kappa shape index (κ2) is 14.4. The van der Waals surface area contributed by atoms with Gasteiger partial charge in [-0.1, -0.05) is 79.6 Å². The van der Waals surface area contributed by atoms with Crippen LogP contribution in [0.1, 0.15) is 150 Å². The molecule has 1 unspecified atom stereocenters. The van der Waals surface area contributed by atoms with Crippen molar-refractivity contribution in [2.75, 3.05) is 26.2 Å². The topological polar surface area (TPSA) is 144 Å². The number of ketones is 3. The monoisotopic (exact) mass is 749 g/mol. The van der Waals surface area contributed by atoms with Gasteiger partial charge in [0, 0.05) is 62.1 Å². The molecule has 2 aliphatic heterocycles. The summed E-state index contributed by atoms with van der Waals surface area (Å²) in [4.78, 5) is 87.1. The summed E-state index contributed by atoms with van der Waals surface area (Å²) >= 11 is 0. The Bertz CT molecular complexity index is 1530. The molecule has 0 aromatic carbocycles. The van der Waals surface area contributed by atoms with Gasteiger partial charge in [-0.2, -0.15) is 0 Å². The summed E-state index contributed by atoms with van der Waals surface area (Å²) < 4.78 is 6.01. The number of likely N-dealkylation sites (tertiary alicyclic amines) is 1. The number of primary amides is 1. The van der Waals surface area contributed by atoms with Crippen LogP contribution in [0, 0.1) is 51.2 Å². The van der Waals surface area contributed by atoms with E-state index >= 15 is 4.79 Å². The highest BCUT2D eigenvalue weighted by atomic mass is 16.5. The number of rotatable bonds is 14. The van der Waals surface area contributed by atoms with E-state index in [1.807, 2.05) is 25.7 Å². The zero-order valence-corrected chi connectivity index (χ0v) is 33.8. The number of hydrogen-bond acceptors (Lipinski definition) is 7. The number of hydrogen-bond donors (Lipinski definition) is 1. The van der Waals surface area contributed by atoms with Crippen LogP contribution in [0.3, 0.4) is 0 Å². The van der Waals surface area contributed by atoms with Gasteiger partial charge in [-0.3, -0.25) is 28.8 Å². The van der Waals surface area contributed by atoms with Crippen LogP contribution in [0.25, 0.3) is 0 Å². The first-order chi connectivity index (χ1) is 25.4. The van der Waals surface area contributed by atoms with Crippen molar-refractivity contribution in [1.29, 1.82) is 0 Å². The van der Waals surface area contributed by atoms with Crippen molar-refractivity contribution in [1.82, 2.24) is 9.80 Å². The minimum Gasteiger partial charge on any atom is -0.371 e. The molecule has 300 valence electrons. The van der Waals surface area contributed by atoms with Gasteiger partial charge in [-0.25, -0.2) is 0 Å². The summed E-state index contributed by atoms with van der Waals surface area (Å²) in [5.74, 6) is -3.41. The summed E-state index contributed by atoms with van der Waals surface area (Å²) in [7, 11) is 0. The van der Waals surface area contributed by atoms with Crippen molar-refractivity contribution < 1.29 is 33.5 Å². The number of carbonyl (C=O) groups excluding carboxylic acids is 6. The number of nitrogens with two attached hydrogens (primary N) is 1. The molecule has 54 heavy (non-hydrogen) atoms. The van der Waals surface area contributed by atoms with E-state index in [1.165, 1.54) is 0 Å². The molecule has 0 aromatic heterocycles. The summed E-state index contributed by atoms with van der Waals surface area (Å²) in [6.45, 7) is 12.7. The minimum atomic E-state index is -1.00. The third-order valence-electron chi connectivity index (χ3n) is 16.5. The normalized spacial score (nSPS) is 30.0. The predicted octanol–water partition coefficient (Wildman–Crippen LogP) is 6.20. The lowest BCUT2D eigenvalue weighted by Gasteiger charge is -2.38. The predicted molar refractivity (Wildman–Crippen MR) is 204 cm³/mol. The number of carbonyl (C=O) groups is 6. The van der Waals surface area contributed by atoms with E-state index in [-0.39, 0.29) is 70.4 Å². The van der Waals surface area contributed by atoms with Gasteiger partial charge in [-0.05, 0) is 79.4 Å². The van der Waals surface area contributed by atoms with Crippen LogP contribution in [0.2, 0.25) is 0 Å². The Morgan fingerprint density at radius 2 is 1.48 bits per heavy atom. The summed E-state index contributed by atoms with van der Waals surface area (Å²) in [6, 6.07) is -0.714. The Balaban J connectivity index is 1.12. The number of ether oxygens (including phenoxy) is 1. The lowest BCUT2D eigenvalue weighted by Crippen LogP contribution is -2.50. The Morgan fingerprint density at radius 3 is 2.02 bits per heavy atom. The maximum atomic E-state index is 15.1. The third-order valence-corrected chi connectivity index (χ3v) is 16.5. The van der Waals surface area contributed by atoms with E-state index < -0.39 is 40.9 Å². The van der Waals surface area contributed by atoms with Crippen molar-refractivity contribution >= 4 is 35.1 Å². The Hall–Kier alpha value is -2.62. The second-order valence-corrected chi connectivity index (χ2v) is 20.6. The Morgan fingerprint density at radius 1 is 0.796 bits per heavy atom.